The Morgan fingerprint density at radius 2 is 2.18 bits per heavy atom. The summed E-state index contributed by atoms with van der Waals surface area (Å²) < 4.78 is 5.72. The third-order valence-electron chi connectivity index (χ3n) is 2.78. The van der Waals surface area contributed by atoms with E-state index in [1.54, 1.807) is 0 Å². The van der Waals surface area contributed by atoms with Gasteiger partial charge in [0.15, 0.2) is 0 Å². The summed E-state index contributed by atoms with van der Waals surface area (Å²) in [6.45, 7) is 3.36. The lowest BCUT2D eigenvalue weighted by molar-refractivity contribution is -0.0128. The molecule has 2 rings (SSSR count). The van der Waals surface area contributed by atoms with Gasteiger partial charge in [0.1, 0.15) is 0 Å². The van der Waals surface area contributed by atoms with Crippen molar-refractivity contribution in [2.24, 2.45) is 5.92 Å². The highest BCUT2D eigenvalue weighted by atomic mass is 16.5. The second-order valence-corrected chi connectivity index (χ2v) is 3.75. The van der Waals surface area contributed by atoms with E-state index in [0.29, 0.717) is 6.10 Å². The minimum atomic E-state index is 0.621. The van der Waals surface area contributed by atoms with Crippen molar-refractivity contribution in [1.29, 1.82) is 0 Å². The summed E-state index contributed by atoms with van der Waals surface area (Å²) in [4.78, 5) is 0. The number of rotatable bonds is 3. The average molecular weight is 155 g/mol. The summed E-state index contributed by atoms with van der Waals surface area (Å²) >= 11 is 0. The van der Waals surface area contributed by atoms with Gasteiger partial charge in [0.25, 0.3) is 0 Å². The van der Waals surface area contributed by atoms with Crippen molar-refractivity contribution in [1.82, 2.24) is 5.32 Å². The van der Waals surface area contributed by atoms with Crippen molar-refractivity contribution in [2.45, 2.75) is 31.8 Å². The number of ether oxygens (including phenoxy) is 1. The smallest absolute Gasteiger partial charge is 0.0575 e. The molecule has 0 aromatic heterocycles. The summed E-state index contributed by atoms with van der Waals surface area (Å²) in [6.07, 6.45) is 5.93. The molecule has 1 aliphatic carbocycles. The van der Waals surface area contributed by atoms with Gasteiger partial charge >= 0.3 is 0 Å². The molecule has 0 aromatic rings. The molecule has 1 heterocycles. The highest BCUT2D eigenvalue weighted by molar-refractivity contribution is 4.73. The van der Waals surface area contributed by atoms with E-state index >= 15 is 0 Å². The van der Waals surface area contributed by atoms with E-state index in [4.69, 9.17) is 4.74 Å². The molecule has 1 unspecified atom stereocenters. The van der Waals surface area contributed by atoms with E-state index in [1.807, 2.05) is 0 Å². The molecule has 0 bridgehead atoms. The minimum absolute atomic E-state index is 0.621. The van der Waals surface area contributed by atoms with Gasteiger partial charge in [-0.25, -0.2) is 0 Å². The van der Waals surface area contributed by atoms with E-state index in [9.17, 15) is 0 Å². The SMILES string of the molecule is C1CC(OCC2CCNC2)C1. The molecule has 0 spiro atoms. The molecule has 1 N–H and O–H groups in total. The molecule has 2 fully saturated rings. The van der Waals surface area contributed by atoms with Crippen molar-refractivity contribution < 1.29 is 4.74 Å². The zero-order valence-corrected chi connectivity index (χ0v) is 7.01. The quantitative estimate of drug-likeness (QED) is 0.660. The third kappa shape index (κ3) is 1.94. The molecule has 0 amide bonds. The minimum Gasteiger partial charge on any atom is -0.378 e. The van der Waals surface area contributed by atoms with Crippen LogP contribution in [0.2, 0.25) is 0 Å². The van der Waals surface area contributed by atoms with Gasteiger partial charge in [-0.05, 0) is 38.1 Å². The molecule has 1 saturated carbocycles. The largest absolute Gasteiger partial charge is 0.378 e. The molecule has 0 aromatic carbocycles. The first-order valence-corrected chi connectivity index (χ1v) is 4.77. The fourth-order valence-electron chi connectivity index (χ4n) is 1.67. The first-order chi connectivity index (χ1) is 5.45. The topological polar surface area (TPSA) is 21.3 Å². The van der Waals surface area contributed by atoms with Crippen LogP contribution in [0.25, 0.3) is 0 Å². The van der Waals surface area contributed by atoms with Gasteiger partial charge in [0.2, 0.25) is 0 Å². The molecular formula is C9H17NO. The van der Waals surface area contributed by atoms with E-state index in [-0.39, 0.29) is 0 Å². The normalized spacial score (nSPS) is 32.2. The zero-order valence-electron chi connectivity index (χ0n) is 7.01. The summed E-state index contributed by atoms with van der Waals surface area (Å²) in [5.74, 6) is 0.801. The van der Waals surface area contributed by atoms with Gasteiger partial charge in [0.05, 0.1) is 12.7 Å². The lowest BCUT2D eigenvalue weighted by Crippen LogP contribution is -2.25. The second kappa shape index (κ2) is 3.55. The molecule has 11 heavy (non-hydrogen) atoms. The molecule has 64 valence electrons. The van der Waals surface area contributed by atoms with Gasteiger partial charge in [0, 0.05) is 6.54 Å². The third-order valence-corrected chi connectivity index (χ3v) is 2.78. The standard InChI is InChI=1S/C9H17NO/c1-2-9(3-1)11-7-8-4-5-10-6-8/h8-10H,1-7H2. The number of hydrogen-bond acceptors (Lipinski definition) is 2. The molecule has 1 aliphatic heterocycles. The van der Waals surface area contributed by atoms with E-state index < -0.39 is 0 Å². The Morgan fingerprint density at radius 1 is 1.27 bits per heavy atom. The van der Waals surface area contributed by atoms with Crippen LogP contribution >= 0.6 is 0 Å². The van der Waals surface area contributed by atoms with Gasteiger partial charge in [-0.15, -0.1) is 0 Å². The maximum Gasteiger partial charge on any atom is 0.0575 e. The summed E-state index contributed by atoms with van der Waals surface area (Å²) in [6, 6.07) is 0. The van der Waals surface area contributed by atoms with Crippen molar-refractivity contribution in [3.63, 3.8) is 0 Å². The maximum absolute atomic E-state index is 5.72. The van der Waals surface area contributed by atoms with Crippen LogP contribution in [0.3, 0.4) is 0 Å². The Labute approximate surface area is 68.3 Å². The van der Waals surface area contributed by atoms with Crippen LogP contribution in [0.5, 0.6) is 0 Å². The van der Waals surface area contributed by atoms with Gasteiger partial charge < -0.3 is 10.1 Å². The van der Waals surface area contributed by atoms with Crippen LogP contribution in [0.1, 0.15) is 25.7 Å². The first-order valence-electron chi connectivity index (χ1n) is 4.77. The van der Waals surface area contributed by atoms with Crippen molar-refractivity contribution in [3.8, 4) is 0 Å². The Morgan fingerprint density at radius 3 is 2.73 bits per heavy atom. The molecule has 2 aliphatic rings. The summed E-state index contributed by atoms with van der Waals surface area (Å²) in [7, 11) is 0. The van der Waals surface area contributed by atoms with Crippen LogP contribution in [0, 0.1) is 5.92 Å². The monoisotopic (exact) mass is 155 g/mol. The number of hydrogen-bond donors (Lipinski definition) is 1. The first kappa shape index (κ1) is 7.56. The van der Waals surface area contributed by atoms with E-state index in [2.05, 4.69) is 5.32 Å². The fourth-order valence-corrected chi connectivity index (χ4v) is 1.67. The van der Waals surface area contributed by atoms with Crippen molar-refractivity contribution in [2.75, 3.05) is 19.7 Å². The van der Waals surface area contributed by atoms with Crippen LogP contribution in [0.15, 0.2) is 0 Å². The fraction of sp³-hybridized carbons (Fsp3) is 1.00. The van der Waals surface area contributed by atoms with E-state index in [0.717, 1.165) is 12.5 Å². The number of nitrogens with one attached hydrogen (secondary N) is 1. The molecule has 1 saturated heterocycles. The lowest BCUT2D eigenvalue weighted by atomic mass is 9.96. The zero-order chi connectivity index (χ0) is 7.52. The van der Waals surface area contributed by atoms with Gasteiger partial charge in [-0.3, -0.25) is 0 Å². The van der Waals surface area contributed by atoms with Gasteiger partial charge in [-0.2, -0.15) is 0 Å². The van der Waals surface area contributed by atoms with Gasteiger partial charge in [-0.1, -0.05) is 0 Å². The molecule has 1 atom stereocenters. The lowest BCUT2D eigenvalue weighted by Gasteiger charge is -2.26. The predicted molar refractivity (Wildman–Crippen MR) is 44.6 cm³/mol. The second-order valence-electron chi connectivity index (χ2n) is 3.75. The highest BCUT2D eigenvalue weighted by Crippen LogP contribution is 2.23. The highest BCUT2D eigenvalue weighted by Gasteiger charge is 2.21. The summed E-state index contributed by atoms with van der Waals surface area (Å²) in [5, 5.41) is 3.35. The molecule has 2 heteroatoms. The Balaban J connectivity index is 1.57. The molecule has 2 nitrogen and oxygen atoms in total. The molecular weight excluding hydrogens is 138 g/mol. The van der Waals surface area contributed by atoms with Crippen LogP contribution in [0.4, 0.5) is 0 Å². The Hall–Kier alpha value is -0.0800. The Bertz CT molecular complexity index is 117. The summed E-state index contributed by atoms with van der Waals surface area (Å²) in [5.41, 5.74) is 0. The average Bonchev–Trinajstić information content (AvgIpc) is 2.36. The van der Waals surface area contributed by atoms with Crippen LogP contribution in [-0.2, 0) is 4.74 Å². The molecule has 0 radical (unpaired) electrons. The maximum atomic E-state index is 5.72. The van der Waals surface area contributed by atoms with Crippen molar-refractivity contribution in [3.05, 3.63) is 0 Å². The van der Waals surface area contributed by atoms with Crippen molar-refractivity contribution >= 4 is 0 Å². The predicted octanol–water partition coefficient (Wildman–Crippen LogP) is 1.17. The van der Waals surface area contributed by atoms with Crippen LogP contribution in [-0.4, -0.2) is 25.8 Å². The van der Waals surface area contributed by atoms with E-state index in [1.165, 1.54) is 38.8 Å². The Kier molecular flexibility index (Phi) is 2.44. The van der Waals surface area contributed by atoms with Crippen LogP contribution < -0.4 is 5.32 Å².